The van der Waals surface area contributed by atoms with E-state index < -0.39 is 0 Å². The molecule has 1 N–H and O–H groups in total. The number of benzene rings is 3. The van der Waals surface area contributed by atoms with Gasteiger partial charge in [-0.15, -0.1) is 0 Å². The molecule has 1 saturated heterocycles. The summed E-state index contributed by atoms with van der Waals surface area (Å²) in [6, 6.07) is 16.1. The van der Waals surface area contributed by atoms with Crippen LogP contribution in [-0.4, -0.2) is 79.5 Å². The Balaban J connectivity index is 1.76. The normalized spacial score (nSPS) is 18.3. The van der Waals surface area contributed by atoms with Gasteiger partial charge in [-0.25, -0.2) is 0 Å². The number of piperazine rings is 1. The zero-order valence-electron chi connectivity index (χ0n) is 23.5. The third kappa shape index (κ3) is 4.72. The highest BCUT2D eigenvalue weighted by molar-refractivity contribution is 6.13. The summed E-state index contributed by atoms with van der Waals surface area (Å²) < 4.78 is 29.1. The van der Waals surface area contributed by atoms with Crippen LogP contribution in [0.2, 0.25) is 0 Å². The number of methoxy groups -OCH3 is 5. The first kappa shape index (κ1) is 26.6. The number of nitrogens with zero attached hydrogens (tertiary/aromatic N) is 3. The van der Waals surface area contributed by atoms with Gasteiger partial charge in [-0.05, 0) is 24.3 Å². The summed E-state index contributed by atoms with van der Waals surface area (Å²) in [5.41, 5.74) is 4.96. The van der Waals surface area contributed by atoms with Gasteiger partial charge in [0.1, 0.15) is 12.3 Å². The van der Waals surface area contributed by atoms with Crippen LogP contribution in [0.15, 0.2) is 53.6 Å². The Morgan fingerprint density at radius 3 is 2.13 bits per heavy atom. The Morgan fingerprint density at radius 1 is 0.769 bits per heavy atom. The molecular formula is C30H37N4O5+. The van der Waals surface area contributed by atoms with E-state index in [-0.39, 0.29) is 0 Å². The monoisotopic (exact) mass is 533 g/mol. The van der Waals surface area contributed by atoms with Crippen molar-refractivity contribution >= 4 is 11.5 Å². The number of hydrogen-bond acceptors (Lipinski definition) is 8. The Kier molecular flexibility index (Phi) is 7.54. The third-order valence-electron chi connectivity index (χ3n) is 7.44. The van der Waals surface area contributed by atoms with Gasteiger partial charge in [0.25, 0.3) is 0 Å². The van der Waals surface area contributed by atoms with Crippen molar-refractivity contribution in [3.8, 4) is 39.9 Å². The Hall–Kier alpha value is -3.95. The molecule has 9 nitrogen and oxygen atoms in total. The second kappa shape index (κ2) is 11.0. The summed E-state index contributed by atoms with van der Waals surface area (Å²) in [6.07, 6.45) is 0. The van der Waals surface area contributed by atoms with Crippen molar-refractivity contribution in [3.05, 3.63) is 59.7 Å². The van der Waals surface area contributed by atoms with E-state index in [4.69, 9.17) is 28.8 Å². The van der Waals surface area contributed by atoms with Gasteiger partial charge in [0, 0.05) is 48.9 Å². The van der Waals surface area contributed by atoms with Crippen molar-refractivity contribution in [2.45, 2.75) is 6.54 Å². The maximum atomic E-state index is 6.02. The molecule has 0 radical (unpaired) electrons. The van der Waals surface area contributed by atoms with E-state index in [1.54, 1.807) is 35.5 Å². The van der Waals surface area contributed by atoms with Crippen LogP contribution in [0.5, 0.6) is 28.7 Å². The maximum Gasteiger partial charge on any atom is 0.199 e. The highest BCUT2D eigenvalue weighted by atomic mass is 16.5. The van der Waals surface area contributed by atoms with E-state index in [1.165, 1.54) is 0 Å². The molecule has 2 aliphatic heterocycles. The van der Waals surface area contributed by atoms with Crippen LogP contribution in [0.4, 0.5) is 5.69 Å². The van der Waals surface area contributed by atoms with E-state index in [0.717, 1.165) is 65.7 Å². The van der Waals surface area contributed by atoms with Crippen LogP contribution in [0.1, 0.15) is 11.1 Å². The molecule has 1 unspecified atom stereocenters. The van der Waals surface area contributed by atoms with Crippen molar-refractivity contribution in [3.63, 3.8) is 0 Å². The molecule has 9 heteroatoms. The molecule has 0 aromatic heterocycles. The quantitative estimate of drug-likeness (QED) is 0.437. The fraction of sp³-hybridized carbons (Fsp3) is 0.367. The van der Waals surface area contributed by atoms with Crippen LogP contribution < -0.4 is 33.6 Å². The van der Waals surface area contributed by atoms with E-state index in [2.05, 4.69) is 35.5 Å². The van der Waals surface area contributed by atoms with Crippen molar-refractivity contribution < 1.29 is 23.7 Å². The average molecular weight is 534 g/mol. The molecule has 0 aliphatic carbocycles. The molecule has 206 valence electrons. The number of rotatable bonds is 8. The largest absolute Gasteiger partial charge is 0.496 e. The predicted octanol–water partition coefficient (Wildman–Crippen LogP) is 4.11. The lowest BCUT2D eigenvalue weighted by Crippen LogP contribution is -2.47. The number of para-hydroxylation sites is 1. The Labute approximate surface area is 230 Å². The lowest BCUT2D eigenvalue weighted by Gasteiger charge is -2.29. The molecule has 0 bridgehead atoms. The van der Waals surface area contributed by atoms with Crippen LogP contribution >= 0.6 is 0 Å². The number of nitrogens with one attached hydrogen (secondary N) is 1. The van der Waals surface area contributed by atoms with Crippen molar-refractivity contribution in [1.82, 2.24) is 14.8 Å². The highest BCUT2D eigenvalue weighted by Gasteiger charge is 2.44. The zero-order chi connectivity index (χ0) is 27.6. The van der Waals surface area contributed by atoms with Crippen molar-refractivity contribution in [2.75, 3.05) is 68.8 Å². The molecule has 2 heterocycles. The van der Waals surface area contributed by atoms with Gasteiger partial charge in [-0.1, -0.05) is 23.3 Å². The van der Waals surface area contributed by atoms with Gasteiger partial charge in [0.2, 0.25) is 0 Å². The molecule has 39 heavy (non-hydrogen) atoms. The zero-order valence-corrected chi connectivity index (χ0v) is 23.5. The number of hydrogen-bond donors (Lipinski definition) is 1. The smallest absolute Gasteiger partial charge is 0.199 e. The maximum absolute atomic E-state index is 6.02. The second-order valence-corrected chi connectivity index (χ2v) is 9.73. The second-order valence-electron chi connectivity index (χ2n) is 9.73. The molecule has 0 amide bonds. The van der Waals surface area contributed by atoms with Crippen LogP contribution in [0.3, 0.4) is 0 Å². The Morgan fingerprint density at radius 2 is 1.46 bits per heavy atom. The molecular weight excluding hydrogens is 496 g/mol. The van der Waals surface area contributed by atoms with Gasteiger partial charge in [0.05, 0.1) is 48.2 Å². The summed E-state index contributed by atoms with van der Waals surface area (Å²) in [4.78, 5) is 2.36. The van der Waals surface area contributed by atoms with Gasteiger partial charge < -0.3 is 33.9 Å². The minimum absolute atomic E-state index is 0.298. The van der Waals surface area contributed by atoms with E-state index in [0.29, 0.717) is 34.1 Å². The molecule has 2 aliphatic rings. The standard InChI is InChI=1S/C30H37N4O5/c1-34(19-20-11-12-24(36-3)25(17-20)37-4)22-18-26(38-5)29(39-6)27(21-9-7-8-10-23(21)35-2)28(22)30(32-34)33-15-13-31-14-16-33/h7-12,17-18,31H,13-16,19H2,1-6H3/q+1. The highest BCUT2D eigenvalue weighted by Crippen LogP contribution is 2.52. The molecule has 3 aromatic rings. The van der Waals surface area contributed by atoms with Gasteiger partial charge in [-0.2, -0.15) is 4.59 Å². The Bertz CT molecular complexity index is 1390. The van der Waals surface area contributed by atoms with E-state index in [1.807, 2.05) is 30.3 Å². The van der Waals surface area contributed by atoms with Gasteiger partial charge >= 0.3 is 0 Å². The van der Waals surface area contributed by atoms with Crippen molar-refractivity contribution in [2.24, 2.45) is 5.10 Å². The van der Waals surface area contributed by atoms with Gasteiger partial charge in [0.15, 0.2) is 34.5 Å². The first-order valence-electron chi connectivity index (χ1n) is 13.0. The summed E-state index contributed by atoms with van der Waals surface area (Å²) in [5.74, 6) is 4.38. The summed E-state index contributed by atoms with van der Waals surface area (Å²) in [7, 11) is 10.5. The summed E-state index contributed by atoms with van der Waals surface area (Å²) >= 11 is 0. The fourth-order valence-electron chi connectivity index (χ4n) is 5.56. The summed E-state index contributed by atoms with van der Waals surface area (Å²) in [5, 5.41) is 8.89. The number of quaternary nitrogens is 1. The molecule has 3 aromatic carbocycles. The lowest BCUT2D eigenvalue weighted by molar-refractivity contribution is 0.321. The van der Waals surface area contributed by atoms with Crippen LogP contribution in [0.25, 0.3) is 11.1 Å². The summed E-state index contributed by atoms with van der Waals surface area (Å²) in [6.45, 7) is 4.10. The van der Waals surface area contributed by atoms with Crippen LogP contribution in [-0.2, 0) is 6.54 Å². The first-order chi connectivity index (χ1) is 19.0. The van der Waals surface area contributed by atoms with Gasteiger partial charge in [-0.3, -0.25) is 0 Å². The molecule has 5 rings (SSSR count). The molecule has 1 atom stereocenters. The topological polar surface area (TPSA) is 73.8 Å². The number of ether oxygens (including phenoxy) is 5. The molecule has 1 fully saturated rings. The number of amidine groups is 1. The third-order valence-corrected chi connectivity index (χ3v) is 7.44. The minimum Gasteiger partial charge on any atom is -0.496 e. The van der Waals surface area contributed by atoms with E-state index in [9.17, 15) is 0 Å². The first-order valence-corrected chi connectivity index (χ1v) is 13.0. The minimum atomic E-state index is 0.298. The average Bonchev–Trinajstić information content (AvgIpc) is 3.27. The fourth-order valence-corrected chi connectivity index (χ4v) is 5.56. The molecule has 0 saturated carbocycles. The van der Waals surface area contributed by atoms with E-state index >= 15 is 0 Å². The molecule has 0 spiro atoms. The van der Waals surface area contributed by atoms with Crippen molar-refractivity contribution in [1.29, 1.82) is 0 Å². The number of fused-ring (bicyclic) bond motifs is 1. The predicted molar refractivity (Wildman–Crippen MR) is 153 cm³/mol. The SMILES string of the molecule is COc1ccc(C[N+]2(C)N=C(N3CCNCC3)c3c2cc(OC)c(OC)c3-c2ccccc2OC)cc1OC. The lowest BCUT2D eigenvalue weighted by atomic mass is 9.94. The van der Waals surface area contributed by atoms with Crippen LogP contribution in [0, 0.1) is 0 Å².